The quantitative estimate of drug-likeness (QED) is 0.379. The highest BCUT2D eigenvalue weighted by molar-refractivity contribution is 6.30. The van der Waals surface area contributed by atoms with E-state index in [1.54, 1.807) is 18.2 Å². The number of aromatic nitrogens is 4. The molecule has 0 saturated carbocycles. The van der Waals surface area contributed by atoms with Crippen LogP contribution in [0, 0.1) is 5.82 Å². The molecule has 9 nitrogen and oxygen atoms in total. The summed E-state index contributed by atoms with van der Waals surface area (Å²) >= 11 is 5.82. The lowest BCUT2D eigenvalue weighted by molar-refractivity contribution is -0.131. The van der Waals surface area contributed by atoms with Gasteiger partial charge in [0.25, 0.3) is 0 Å². The molecule has 0 aliphatic carbocycles. The van der Waals surface area contributed by atoms with Crippen molar-refractivity contribution in [2.75, 3.05) is 19.7 Å². The second kappa shape index (κ2) is 12.0. The largest absolute Gasteiger partial charge is 0.478 e. The molecule has 2 aliphatic rings. The van der Waals surface area contributed by atoms with Crippen molar-refractivity contribution in [3.63, 3.8) is 0 Å². The Labute approximate surface area is 224 Å². The van der Waals surface area contributed by atoms with Crippen molar-refractivity contribution in [3.05, 3.63) is 76.2 Å². The highest BCUT2D eigenvalue weighted by atomic mass is 35.5. The van der Waals surface area contributed by atoms with Gasteiger partial charge in [0, 0.05) is 40.9 Å². The number of carbonyl (C=O) groups is 1. The third-order valence-corrected chi connectivity index (χ3v) is 7.15. The van der Waals surface area contributed by atoms with Crippen LogP contribution in [0.1, 0.15) is 48.1 Å². The van der Waals surface area contributed by atoms with Gasteiger partial charge in [-0.2, -0.15) is 0 Å². The number of nitrogens with zero attached hydrogens (tertiary/aromatic N) is 5. The van der Waals surface area contributed by atoms with Crippen LogP contribution >= 0.6 is 11.6 Å². The number of carboxylic acids is 1. The zero-order valence-electron chi connectivity index (χ0n) is 20.8. The van der Waals surface area contributed by atoms with Crippen LogP contribution in [0.2, 0.25) is 5.02 Å². The molecule has 2 fully saturated rings. The number of ether oxygens (including phenoxy) is 2. The maximum atomic E-state index is 14.1. The average molecular weight is 542 g/mol. The Balaban J connectivity index is 1.18. The minimum absolute atomic E-state index is 0.0775. The lowest BCUT2D eigenvalue weighted by Gasteiger charge is -2.32. The summed E-state index contributed by atoms with van der Waals surface area (Å²) in [6.07, 6.45) is 5.47. The Morgan fingerprint density at radius 1 is 1.21 bits per heavy atom. The van der Waals surface area contributed by atoms with Crippen molar-refractivity contribution in [3.8, 4) is 5.88 Å². The van der Waals surface area contributed by atoms with Crippen molar-refractivity contribution in [1.82, 2.24) is 24.6 Å². The third-order valence-electron chi connectivity index (χ3n) is 6.92. The molecule has 0 radical (unpaired) electrons. The number of carboxylic acid groups (broad SMARTS) is 1. The number of likely N-dealkylation sites (tertiary alicyclic amines) is 1. The first kappa shape index (κ1) is 26.3. The van der Waals surface area contributed by atoms with Gasteiger partial charge in [0.15, 0.2) is 5.82 Å². The molecular weight excluding hydrogens is 513 g/mol. The maximum Gasteiger partial charge on any atom is 0.328 e. The van der Waals surface area contributed by atoms with Gasteiger partial charge < -0.3 is 19.1 Å². The first-order valence-electron chi connectivity index (χ1n) is 12.7. The molecule has 3 aromatic rings. The monoisotopic (exact) mass is 541 g/mol. The van der Waals surface area contributed by atoms with E-state index in [9.17, 15) is 9.18 Å². The summed E-state index contributed by atoms with van der Waals surface area (Å²) in [6, 6.07) is 10.2. The van der Waals surface area contributed by atoms with Crippen LogP contribution in [-0.2, 0) is 29.2 Å². The zero-order chi connectivity index (χ0) is 26.5. The fraction of sp³-hybridized carbons (Fsp3) is 0.407. The molecule has 2 aromatic heterocycles. The molecule has 11 heteroatoms. The van der Waals surface area contributed by atoms with Crippen molar-refractivity contribution in [1.29, 1.82) is 0 Å². The Kier molecular flexibility index (Phi) is 8.31. The van der Waals surface area contributed by atoms with Gasteiger partial charge in [-0.15, -0.1) is 10.2 Å². The molecule has 5 rings (SSSR count). The molecule has 200 valence electrons. The number of piperidine rings is 1. The summed E-state index contributed by atoms with van der Waals surface area (Å²) in [7, 11) is 0. The van der Waals surface area contributed by atoms with E-state index >= 15 is 0 Å². The van der Waals surface area contributed by atoms with Gasteiger partial charge in [-0.1, -0.05) is 23.7 Å². The van der Waals surface area contributed by atoms with Gasteiger partial charge in [-0.25, -0.2) is 14.2 Å². The van der Waals surface area contributed by atoms with Crippen LogP contribution in [0.3, 0.4) is 0 Å². The summed E-state index contributed by atoms with van der Waals surface area (Å²) < 4.78 is 27.4. The van der Waals surface area contributed by atoms with E-state index in [0.717, 1.165) is 56.6 Å². The van der Waals surface area contributed by atoms with E-state index in [2.05, 4.69) is 20.1 Å². The first-order valence-corrected chi connectivity index (χ1v) is 13.0. The van der Waals surface area contributed by atoms with E-state index < -0.39 is 11.8 Å². The van der Waals surface area contributed by atoms with E-state index in [-0.39, 0.29) is 18.6 Å². The van der Waals surface area contributed by atoms with Crippen LogP contribution in [-0.4, -0.2) is 61.5 Å². The van der Waals surface area contributed by atoms with E-state index in [4.69, 9.17) is 26.2 Å². The maximum absolute atomic E-state index is 14.1. The lowest BCUT2D eigenvalue weighted by atomic mass is 9.93. The summed E-state index contributed by atoms with van der Waals surface area (Å²) in [5.41, 5.74) is 1.39. The number of pyridine rings is 1. The molecule has 1 N–H and O–H groups in total. The summed E-state index contributed by atoms with van der Waals surface area (Å²) in [4.78, 5) is 18.0. The van der Waals surface area contributed by atoms with Gasteiger partial charge in [-0.05, 0) is 56.6 Å². The van der Waals surface area contributed by atoms with E-state index in [1.807, 2.05) is 16.7 Å². The number of rotatable bonds is 10. The van der Waals surface area contributed by atoms with Crippen molar-refractivity contribution in [2.45, 2.75) is 51.0 Å². The standard InChI is InChI=1S/C27H29ClFN5O4/c28-20-5-4-19(22(29)14-20)17-38-26-3-1-2-23(30-26)18-8-11-33(12-9-18)16-25-32-31-24(6-7-27(35)36)34(25)15-21-10-13-37-21/h1-7,14,18,21H,8-13,15-17H2,(H,35,36). The zero-order valence-corrected chi connectivity index (χ0v) is 21.6. The van der Waals surface area contributed by atoms with Crippen molar-refractivity contribution < 1.29 is 23.8 Å². The first-order chi connectivity index (χ1) is 18.4. The average Bonchev–Trinajstić information content (AvgIpc) is 3.26. The highest BCUT2D eigenvalue weighted by Crippen LogP contribution is 2.29. The Bertz CT molecular complexity index is 1300. The molecular formula is C27H29ClFN5O4. The van der Waals surface area contributed by atoms with E-state index in [1.165, 1.54) is 12.1 Å². The van der Waals surface area contributed by atoms with Crippen LogP contribution in [0.5, 0.6) is 5.88 Å². The molecule has 0 bridgehead atoms. The van der Waals surface area contributed by atoms with Crippen LogP contribution in [0.4, 0.5) is 4.39 Å². The van der Waals surface area contributed by atoms with Gasteiger partial charge in [0.05, 0.1) is 19.2 Å². The fourth-order valence-electron chi connectivity index (χ4n) is 4.68. The fourth-order valence-corrected chi connectivity index (χ4v) is 4.84. The number of hydrogen-bond donors (Lipinski definition) is 1. The predicted molar refractivity (Wildman–Crippen MR) is 138 cm³/mol. The van der Waals surface area contributed by atoms with Crippen LogP contribution in [0.25, 0.3) is 6.08 Å². The summed E-state index contributed by atoms with van der Waals surface area (Å²) in [5.74, 6) is 0.648. The van der Waals surface area contributed by atoms with Gasteiger partial charge in [0.2, 0.25) is 5.88 Å². The van der Waals surface area contributed by atoms with Crippen molar-refractivity contribution >= 4 is 23.6 Å². The molecule has 4 heterocycles. The SMILES string of the molecule is O=C(O)C=Cc1nnc(CN2CCC(c3cccc(OCc4ccc(Cl)cc4F)n3)CC2)n1CC1CCO1. The molecule has 0 amide bonds. The summed E-state index contributed by atoms with van der Waals surface area (Å²) in [5, 5.41) is 17.9. The van der Waals surface area contributed by atoms with Gasteiger partial charge in [-0.3, -0.25) is 4.90 Å². The molecule has 38 heavy (non-hydrogen) atoms. The number of halogens is 2. The van der Waals surface area contributed by atoms with Gasteiger partial charge in [0.1, 0.15) is 18.2 Å². The van der Waals surface area contributed by atoms with Crippen LogP contribution in [0.15, 0.2) is 42.5 Å². The predicted octanol–water partition coefficient (Wildman–Crippen LogP) is 4.31. The Morgan fingerprint density at radius 2 is 2.03 bits per heavy atom. The minimum atomic E-state index is -1.02. The number of aliphatic carboxylic acids is 1. The molecule has 1 aromatic carbocycles. The normalized spacial score (nSPS) is 18.5. The second-order valence-electron chi connectivity index (χ2n) is 9.51. The van der Waals surface area contributed by atoms with Gasteiger partial charge >= 0.3 is 5.97 Å². The topological polar surface area (TPSA) is 103 Å². The smallest absolute Gasteiger partial charge is 0.328 e. The Hall–Kier alpha value is -3.34. The van der Waals surface area contributed by atoms with Crippen LogP contribution < -0.4 is 4.74 Å². The number of benzene rings is 1. The molecule has 2 saturated heterocycles. The number of hydrogen-bond acceptors (Lipinski definition) is 7. The molecule has 1 unspecified atom stereocenters. The van der Waals surface area contributed by atoms with Crippen molar-refractivity contribution in [2.24, 2.45) is 0 Å². The molecule has 1 atom stereocenters. The summed E-state index contributed by atoms with van der Waals surface area (Å²) in [6.45, 7) is 3.77. The molecule has 0 spiro atoms. The highest BCUT2D eigenvalue weighted by Gasteiger charge is 2.26. The van der Waals surface area contributed by atoms with E-state index in [0.29, 0.717) is 35.4 Å². The lowest BCUT2D eigenvalue weighted by Crippen LogP contribution is -2.35. The molecule has 2 aliphatic heterocycles. The Morgan fingerprint density at radius 3 is 2.74 bits per heavy atom. The third kappa shape index (κ3) is 6.56. The minimum Gasteiger partial charge on any atom is -0.478 e. The second-order valence-corrected chi connectivity index (χ2v) is 9.95.